The van der Waals surface area contributed by atoms with Gasteiger partial charge in [-0.15, -0.1) is 0 Å². The second-order valence-corrected chi connectivity index (χ2v) is 9.55. The Morgan fingerprint density at radius 2 is 0.717 bits per heavy atom. The minimum absolute atomic E-state index is 0. The number of aliphatic hydroxyl groups is 1. The molecule has 2 aliphatic carbocycles. The Labute approximate surface area is 336 Å². The van der Waals surface area contributed by atoms with E-state index in [9.17, 15) is 53.7 Å². The number of hydrogen-bond donors (Lipinski definition) is 9. The predicted octanol–water partition coefficient (Wildman–Crippen LogP) is -7.21. The van der Waals surface area contributed by atoms with Crippen LogP contribution in [0.15, 0.2) is 0 Å². The molecule has 46 heavy (non-hydrogen) atoms. The summed E-state index contributed by atoms with van der Waals surface area (Å²) in [5.74, 6) is -12.0. The zero-order valence-electron chi connectivity index (χ0n) is 23.3. The Kier molecular flexibility index (Phi) is 29.8. The molecule has 0 saturated heterocycles. The van der Waals surface area contributed by atoms with Crippen molar-refractivity contribution in [2.45, 2.75) is 43.7 Å². The van der Waals surface area contributed by atoms with E-state index in [0.717, 1.165) is 0 Å². The van der Waals surface area contributed by atoms with Crippen LogP contribution in [0, 0.1) is 0 Å². The van der Waals surface area contributed by atoms with Crippen molar-refractivity contribution in [3.8, 4) is 0 Å². The van der Waals surface area contributed by atoms with E-state index < -0.39 is 107 Å². The molecule has 13 N–H and O–H groups in total. The van der Waals surface area contributed by atoms with Gasteiger partial charge in [0.05, 0.1) is 11.9 Å². The topological polar surface area (TPSA) is 394 Å². The van der Waals surface area contributed by atoms with Gasteiger partial charge < -0.3 is 67.8 Å². The van der Waals surface area contributed by atoms with Gasteiger partial charge in [0.15, 0.2) is 37.3 Å². The summed E-state index contributed by atoms with van der Waals surface area (Å²) < 4.78 is -2.15. The van der Waals surface area contributed by atoms with Gasteiger partial charge >= 0.3 is 133 Å². The minimum atomic E-state index is -1.71. The van der Waals surface area contributed by atoms with Crippen LogP contribution in [0.4, 0.5) is 0 Å². The molecule has 256 valence electrons. The third kappa shape index (κ3) is 15.8. The van der Waals surface area contributed by atoms with Crippen LogP contribution in [0.25, 0.3) is 0 Å². The van der Waals surface area contributed by atoms with Gasteiger partial charge in [-0.25, -0.2) is 28.8 Å². The molecule has 0 radical (unpaired) electrons. The van der Waals surface area contributed by atoms with Crippen molar-refractivity contribution in [3.63, 3.8) is 0 Å². The van der Waals surface area contributed by atoms with E-state index in [-0.39, 0.29) is 141 Å². The Bertz CT molecular complexity index is 923. The molecule has 0 aliphatic heterocycles. The molecule has 21 nitrogen and oxygen atoms in total. The van der Waals surface area contributed by atoms with Crippen LogP contribution in [0.1, 0.15) is 32.6 Å². The molecule has 0 amide bonds. The molecule has 0 aromatic rings. The fraction of sp³-hybridized carbons (Fsp3) is 0.636. The van der Waals surface area contributed by atoms with Crippen molar-refractivity contribution in [3.05, 3.63) is 0 Å². The van der Waals surface area contributed by atoms with Gasteiger partial charge in [-0.3, -0.25) is 8.97 Å². The SMILES string of the molecule is CCO.N.N.O=C(O)C[N+](CC(=O)O)(CC(=O)O)C1(C(=O)O)CC1.O=C([O-])C[N+](CC(=O)[O-])(CC(=O)O)C1(C(=O)O)CC1.[CaH2].[NaH].[NaH]. The number of aliphatic carboxylic acids is 8. The van der Waals surface area contributed by atoms with E-state index in [0.29, 0.717) is 0 Å². The quantitative estimate of drug-likeness (QED) is 0.0528. The van der Waals surface area contributed by atoms with Gasteiger partial charge in [0.25, 0.3) is 0 Å². The van der Waals surface area contributed by atoms with Crippen molar-refractivity contribution in [1.82, 2.24) is 12.3 Å². The molecular weight excluding hydrogens is 678 g/mol. The molecule has 2 fully saturated rings. The van der Waals surface area contributed by atoms with Crippen LogP contribution < -0.4 is 22.5 Å². The fourth-order valence-corrected chi connectivity index (χ4v) is 4.79. The summed E-state index contributed by atoms with van der Waals surface area (Å²) in [6.45, 7) is -3.59. The summed E-state index contributed by atoms with van der Waals surface area (Å²) >= 11 is 0. The Morgan fingerprint density at radius 1 is 0.543 bits per heavy atom. The van der Waals surface area contributed by atoms with Crippen LogP contribution in [-0.4, -0.2) is 246 Å². The molecule has 24 heteroatoms. The fourth-order valence-electron chi connectivity index (χ4n) is 4.79. The van der Waals surface area contributed by atoms with Gasteiger partial charge in [0.1, 0.15) is 13.1 Å². The average Bonchev–Trinajstić information content (AvgIpc) is 3.65. The van der Waals surface area contributed by atoms with Crippen LogP contribution in [0.5, 0.6) is 0 Å². The predicted molar refractivity (Wildman–Crippen MR) is 155 cm³/mol. The van der Waals surface area contributed by atoms with Gasteiger partial charge in [-0.2, -0.15) is 0 Å². The molecule has 2 aliphatic rings. The van der Waals surface area contributed by atoms with Gasteiger partial charge in [0, 0.05) is 32.3 Å². The molecule has 0 bridgehead atoms. The van der Waals surface area contributed by atoms with E-state index in [2.05, 4.69) is 0 Å². The number of quaternary nitrogens is 2. The first-order chi connectivity index (χ1) is 18.7. The first kappa shape index (κ1) is 57.1. The summed E-state index contributed by atoms with van der Waals surface area (Å²) in [5.41, 5.74) is -3.34. The van der Waals surface area contributed by atoms with Crippen molar-refractivity contribution in [2.75, 3.05) is 45.9 Å². The second kappa shape index (κ2) is 24.0. The first-order valence-corrected chi connectivity index (χ1v) is 11.8. The molecule has 2 saturated carbocycles. The molecule has 0 atom stereocenters. The van der Waals surface area contributed by atoms with Crippen molar-refractivity contribution < 1.29 is 93.3 Å². The number of aliphatic hydroxyl groups excluding tert-OH is 1. The Hall–Kier alpha value is -1.18. The standard InChI is InChI=1S/2C10H13NO8.C2H6O.Ca.2H3N.2Na.4H/c2*12-6(13)3-11(4-7(14)15,5-8(16)17)10(1-2-10)9(18)19;1-2-3;;;;;;;;;/h2*1-5H2,(H3-,12,13,14,15,16,17,18,19);3H,2H2,1H3;;2*1H3;;;;;;. The molecule has 0 aromatic heterocycles. The van der Waals surface area contributed by atoms with Crippen molar-refractivity contribution in [2.24, 2.45) is 0 Å². The van der Waals surface area contributed by atoms with Gasteiger partial charge in [0.2, 0.25) is 0 Å². The number of hydrogen-bond acceptors (Lipinski definition) is 13. The summed E-state index contributed by atoms with van der Waals surface area (Å²) in [4.78, 5) is 87.5. The number of rotatable bonds is 16. The zero-order chi connectivity index (χ0) is 32.4. The Balaban J connectivity index is -0.000000145. The van der Waals surface area contributed by atoms with Crippen LogP contribution in [0.3, 0.4) is 0 Å². The van der Waals surface area contributed by atoms with Crippen LogP contribution in [0.2, 0.25) is 0 Å². The molecule has 0 spiro atoms. The van der Waals surface area contributed by atoms with Crippen LogP contribution >= 0.6 is 0 Å². The van der Waals surface area contributed by atoms with Gasteiger partial charge in [-0.05, 0) is 6.92 Å². The van der Waals surface area contributed by atoms with E-state index in [1.165, 1.54) is 0 Å². The number of carbonyl (C=O) groups excluding carboxylic acids is 2. The monoisotopic (exact) mass is 720 g/mol. The molecule has 0 unspecified atom stereocenters. The van der Waals surface area contributed by atoms with Crippen molar-refractivity contribution >= 4 is 145 Å². The normalized spacial score (nSPS) is 14.1. The number of carbonyl (C=O) groups is 8. The second-order valence-electron chi connectivity index (χ2n) is 9.55. The number of carboxylic acids is 8. The number of carboxylic acid groups (broad SMARTS) is 8. The molecule has 0 aromatic carbocycles. The molecule has 2 rings (SSSR count). The van der Waals surface area contributed by atoms with Crippen LogP contribution in [-0.2, 0) is 38.4 Å². The number of nitrogens with zero attached hydrogens (tertiary/aromatic N) is 2. The summed E-state index contributed by atoms with van der Waals surface area (Å²) in [7, 11) is 0. The maximum absolute atomic E-state index is 11.3. The first-order valence-electron chi connectivity index (χ1n) is 11.8. The average molecular weight is 721 g/mol. The maximum atomic E-state index is 11.3. The van der Waals surface area contributed by atoms with Crippen molar-refractivity contribution in [1.29, 1.82) is 0 Å². The van der Waals surface area contributed by atoms with E-state index in [4.69, 9.17) is 30.6 Å². The van der Waals surface area contributed by atoms with E-state index in [1.54, 1.807) is 6.92 Å². The van der Waals surface area contributed by atoms with Gasteiger partial charge in [-0.1, -0.05) is 0 Å². The summed E-state index contributed by atoms with van der Waals surface area (Å²) in [6.07, 6.45) is 0.151. The third-order valence-corrected chi connectivity index (χ3v) is 6.67. The van der Waals surface area contributed by atoms with E-state index in [1.807, 2.05) is 0 Å². The zero-order valence-corrected chi connectivity index (χ0v) is 23.3. The Morgan fingerprint density at radius 3 is 0.826 bits per heavy atom. The summed E-state index contributed by atoms with van der Waals surface area (Å²) in [5, 5.41) is 82.8. The molecular formula is C22H42CaN4Na2O17. The summed E-state index contributed by atoms with van der Waals surface area (Å²) in [6, 6.07) is 0. The molecule has 0 heterocycles. The third-order valence-electron chi connectivity index (χ3n) is 6.67. The van der Waals surface area contributed by atoms with E-state index >= 15 is 0 Å².